The predicted octanol–water partition coefficient (Wildman–Crippen LogP) is 8.23. The Hall–Kier alpha value is -0.590. The summed E-state index contributed by atoms with van der Waals surface area (Å²) in [4.78, 5) is 12.9. The van der Waals surface area contributed by atoms with E-state index in [1.807, 2.05) is 0 Å². The molecule has 5 aliphatic carbocycles. The van der Waals surface area contributed by atoms with E-state index in [-0.39, 0.29) is 5.41 Å². The van der Waals surface area contributed by atoms with Crippen molar-refractivity contribution in [2.45, 2.75) is 113 Å². The summed E-state index contributed by atoms with van der Waals surface area (Å²) in [7, 11) is 0. The van der Waals surface area contributed by atoms with Gasteiger partial charge in [0.25, 0.3) is 0 Å². The number of rotatable bonds is 1. The highest BCUT2D eigenvalue weighted by molar-refractivity contribution is 5.85. The molecule has 5 aliphatic rings. The molecular formula is C30H48O. The molecule has 0 bridgehead atoms. The Morgan fingerprint density at radius 2 is 1.52 bits per heavy atom. The van der Waals surface area contributed by atoms with E-state index >= 15 is 0 Å². The first kappa shape index (κ1) is 22.2. The minimum Gasteiger partial charge on any atom is -0.299 e. The molecule has 0 amide bonds. The third-order valence-electron chi connectivity index (χ3n) is 13.2. The van der Waals surface area contributed by atoms with E-state index in [4.69, 9.17) is 0 Å². The molecule has 5 rings (SSSR count). The van der Waals surface area contributed by atoms with Crippen LogP contribution in [0.25, 0.3) is 0 Å². The molecule has 0 aromatic rings. The summed E-state index contributed by atoms with van der Waals surface area (Å²) >= 11 is 0. The fourth-order valence-corrected chi connectivity index (χ4v) is 11.3. The Morgan fingerprint density at radius 1 is 0.806 bits per heavy atom. The van der Waals surface area contributed by atoms with Gasteiger partial charge in [-0.25, -0.2) is 0 Å². The number of fused-ring (bicyclic) bond motifs is 7. The molecule has 5 fully saturated rings. The van der Waals surface area contributed by atoms with Crippen molar-refractivity contribution < 1.29 is 4.79 Å². The zero-order chi connectivity index (χ0) is 22.6. The first-order chi connectivity index (χ1) is 14.3. The first-order valence-electron chi connectivity index (χ1n) is 13.5. The fraction of sp³-hybridized carbons (Fsp3) is 0.900. The number of hydrogen-bond donors (Lipinski definition) is 0. The second-order valence-corrected chi connectivity index (χ2v) is 14.5. The molecule has 31 heavy (non-hydrogen) atoms. The van der Waals surface area contributed by atoms with Crippen LogP contribution in [0, 0.1) is 56.7 Å². The fourth-order valence-electron chi connectivity index (χ4n) is 11.3. The van der Waals surface area contributed by atoms with Crippen LogP contribution in [0.5, 0.6) is 0 Å². The largest absolute Gasteiger partial charge is 0.299 e. The van der Waals surface area contributed by atoms with Crippen LogP contribution in [-0.2, 0) is 4.79 Å². The second-order valence-electron chi connectivity index (χ2n) is 14.5. The SMILES string of the molecule is C=C(C)[C@@H]1CC[C@@]2(C)CC[C@]3(C)[C@@H](CC[C@@H]4[C@]5(C)CCC(=O)C(C)(C)[C@@H]5CC[C@@]43C)[C@@H]12. The van der Waals surface area contributed by atoms with Crippen LogP contribution in [0.4, 0.5) is 0 Å². The van der Waals surface area contributed by atoms with Crippen LogP contribution in [0.2, 0.25) is 0 Å². The molecular weight excluding hydrogens is 376 g/mol. The Morgan fingerprint density at radius 3 is 2.19 bits per heavy atom. The Labute approximate surface area is 192 Å². The lowest BCUT2D eigenvalue weighted by Gasteiger charge is -2.72. The van der Waals surface area contributed by atoms with Crippen LogP contribution in [0.1, 0.15) is 113 Å². The highest BCUT2D eigenvalue weighted by Gasteiger charge is 2.70. The van der Waals surface area contributed by atoms with Gasteiger partial charge < -0.3 is 0 Å². The van der Waals surface area contributed by atoms with Crippen molar-refractivity contribution in [1.82, 2.24) is 0 Å². The number of allylic oxidation sites excluding steroid dienone is 1. The summed E-state index contributed by atoms with van der Waals surface area (Å²) in [5.74, 6) is 4.33. The molecule has 1 nitrogen and oxygen atoms in total. The lowest BCUT2D eigenvalue weighted by molar-refractivity contribution is -0.232. The van der Waals surface area contributed by atoms with Gasteiger partial charge in [-0.3, -0.25) is 4.79 Å². The minimum absolute atomic E-state index is 0.131. The van der Waals surface area contributed by atoms with E-state index in [9.17, 15) is 4.79 Å². The van der Waals surface area contributed by atoms with Crippen LogP contribution in [0.3, 0.4) is 0 Å². The zero-order valence-corrected chi connectivity index (χ0v) is 21.6. The van der Waals surface area contributed by atoms with Crippen molar-refractivity contribution in [3.63, 3.8) is 0 Å². The third-order valence-corrected chi connectivity index (χ3v) is 13.2. The van der Waals surface area contributed by atoms with E-state index in [0.717, 1.165) is 36.5 Å². The summed E-state index contributed by atoms with van der Waals surface area (Å²) in [6.45, 7) is 22.0. The van der Waals surface area contributed by atoms with Crippen LogP contribution in [0.15, 0.2) is 12.2 Å². The van der Waals surface area contributed by atoms with Gasteiger partial charge in [0.2, 0.25) is 0 Å². The van der Waals surface area contributed by atoms with Crippen molar-refractivity contribution in [2.75, 3.05) is 0 Å². The van der Waals surface area contributed by atoms with Crippen LogP contribution >= 0.6 is 0 Å². The molecule has 0 spiro atoms. The smallest absolute Gasteiger partial charge is 0.138 e. The average Bonchev–Trinajstić information content (AvgIpc) is 3.04. The highest BCUT2D eigenvalue weighted by atomic mass is 16.1. The molecule has 0 aromatic carbocycles. The second kappa shape index (κ2) is 6.50. The first-order valence-corrected chi connectivity index (χ1v) is 13.5. The van der Waals surface area contributed by atoms with Crippen molar-refractivity contribution in [3.8, 4) is 0 Å². The van der Waals surface area contributed by atoms with E-state index in [1.54, 1.807) is 0 Å². The summed E-state index contributed by atoms with van der Waals surface area (Å²) in [5.41, 5.74) is 3.06. The van der Waals surface area contributed by atoms with E-state index in [2.05, 4.69) is 55.0 Å². The van der Waals surface area contributed by atoms with Crippen LogP contribution < -0.4 is 0 Å². The maximum atomic E-state index is 12.9. The zero-order valence-electron chi connectivity index (χ0n) is 21.6. The number of hydrogen-bond acceptors (Lipinski definition) is 1. The maximum Gasteiger partial charge on any atom is 0.138 e. The molecule has 0 saturated heterocycles. The van der Waals surface area contributed by atoms with Gasteiger partial charge in [-0.05, 0) is 116 Å². The Balaban J connectivity index is 1.55. The molecule has 5 saturated carbocycles. The quantitative estimate of drug-likeness (QED) is 0.387. The van der Waals surface area contributed by atoms with Crippen molar-refractivity contribution >= 4 is 5.78 Å². The van der Waals surface area contributed by atoms with E-state index < -0.39 is 0 Å². The molecule has 0 aliphatic heterocycles. The number of ketones is 1. The lowest BCUT2D eigenvalue weighted by atomic mass is 9.32. The van der Waals surface area contributed by atoms with Gasteiger partial charge in [-0.15, -0.1) is 0 Å². The summed E-state index contributed by atoms with van der Waals surface area (Å²) in [6.07, 6.45) is 13.0. The third kappa shape index (κ3) is 2.59. The Bertz CT molecular complexity index is 807. The molecule has 0 unspecified atom stereocenters. The number of Topliss-reactive ketones (excluding diaryl/α,β-unsaturated/α-hetero) is 1. The van der Waals surface area contributed by atoms with E-state index in [0.29, 0.717) is 33.4 Å². The van der Waals surface area contributed by atoms with Crippen molar-refractivity contribution in [1.29, 1.82) is 0 Å². The van der Waals surface area contributed by atoms with Gasteiger partial charge in [0.1, 0.15) is 5.78 Å². The predicted molar refractivity (Wildman–Crippen MR) is 130 cm³/mol. The van der Waals surface area contributed by atoms with E-state index in [1.165, 1.54) is 56.9 Å². The Kier molecular flexibility index (Phi) is 4.66. The molecule has 1 heteroatoms. The maximum absolute atomic E-state index is 12.9. The van der Waals surface area contributed by atoms with Crippen molar-refractivity contribution in [3.05, 3.63) is 12.2 Å². The van der Waals surface area contributed by atoms with Gasteiger partial charge in [0.15, 0.2) is 0 Å². The molecule has 0 aromatic heterocycles. The lowest BCUT2D eigenvalue weighted by Crippen LogP contribution is -2.66. The molecule has 9 atom stereocenters. The normalized spacial score (nSPS) is 55.6. The number of carbonyl (C=O) groups is 1. The highest BCUT2D eigenvalue weighted by Crippen LogP contribution is 2.77. The minimum atomic E-state index is -0.131. The van der Waals surface area contributed by atoms with Gasteiger partial charge in [0, 0.05) is 11.8 Å². The molecule has 0 heterocycles. The van der Waals surface area contributed by atoms with Crippen LogP contribution in [-0.4, -0.2) is 5.78 Å². The van der Waals surface area contributed by atoms with Gasteiger partial charge in [0.05, 0.1) is 0 Å². The van der Waals surface area contributed by atoms with Gasteiger partial charge in [-0.1, -0.05) is 53.7 Å². The monoisotopic (exact) mass is 424 g/mol. The van der Waals surface area contributed by atoms with Crippen molar-refractivity contribution in [2.24, 2.45) is 56.7 Å². The molecule has 0 radical (unpaired) electrons. The van der Waals surface area contributed by atoms with Gasteiger partial charge in [-0.2, -0.15) is 0 Å². The molecule has 174 valence electrons. The molecule has 0 N–H and O–H groups in total. The standard InChI is InChI=1S/C30H48O/c1-19(2)20-11-14-27(5)17-18-29(7)21(25(20)27)9-10-23-28(6)15-13-24(31)26(3,4)22(28)12-16-30(23,29)8/h20-23,25H,1,9-18H2,2-8H3/t20-,21-,22-,23+,25+,27-,28+,29+,30-/m0/s1. The summed E-state index contributed by atoms with van der Waals surface area (Å²) < 4.78 is 0. The number of carbonyl (C=O) groups excluding carboxylic acids is 1. The van der Waals surface area contributed by atoms with Gasteiger partial charge >= 0.3 is 0 Å². The summed E-state index contributed by atoms with van der Waals surface area (Å²) in [5, 5.41) is 0. The summed E-state index contributed by atoms with van der Waals surface area (Å²) in [6, 6.07) is 0. The topological polar surface area (TPSA) is 17.1 Å². The average molecular weight is 425 g/mol.